The summed E-state index contributed by atoms with van der Waals surface area (Å²) in [6.45, 7) is 10.5. The number of piperazine rings is 1. The number of fused-ring (bicyclic) bond motifs is 1. The third kappa shape index (κ3) is 4.05. The van der Waals surface area contributed by atoms with Gasteiger partial charge in [0.05, 0.1) is 11.9 Å². The van der Waals surface area contributed by atoms with Crippen molar-refractivity contribution in [3.8, 4) is 11.3 Å². The van der Waals surface area contributed by atoms with E-state index in [4.69, 9.17) is 21.0 Å². The van der Waals surface area contributed by atoms with Crippen molar-refractivity contribution in [2.24, 2.45) is 0 Å². The molecule has 0 radical (unpaired) electrons. The lowest BCUT2D eigenvalue weighted by atomic mass is 9.86. The summed E-state index contributed by atoms with van der Waals surface area (Å²) in [5.74, 6) is 0.231. The van der Waals surface area contributed by atoms with E-state index in [0.717, 1.165) is 16.8 Å². The Morgan fingerprint density at radius 2 is 1.83 bits per heavy atom. The number of rotatable bonds is 3. The van der Waals surface area contributed by atoms with Gasteiger partial charge in [-0.05, 0) is 37.5 Å². The van der Waals surface area contributed by atoms with Crippen LogP contribution in [0.1, 0.15) is 50.7 Å². The van der Waals surface area contributed by atoms with Crippen LogP contribution < -0.4 is 4.90 Å². The molecule has 0 unspecified atom stereocenters. The van der Waals surface area contributed by atoms with E-state index in [2.05, 4.69) is 31.0 Å². The zero-order valence-electron chi connectivity index (χ0n) is 20.9. The summed E-state index contributed by atoms with van der Waals surface area (Å²) in [4.78, 5) is 35.0. The van der Waals surface area contributed by atoms with Gasteiger partial charge in [0, 0.05) is 41.4 Å². The first-order valence-corrected chi connectivity index (χ1v) is 12.2. The molecule has 3 aromatic heterocycles. The summed E-state index contributed by atoms with van der Waals surface area (Å²) in [5, 5.41) is 7.42. The molecule has 0 atom stereocenters. The van der Waals surface area contributed by atoms with E-state index in [9.17, 15) is 9.59 Å². The van der Waals surface area contributed by atoms with Crippen molar-refractivity contribution in [1.82, 2.24) is 20.1 Å². The number of aromatic nitrogens is 3. The van der Waals surface area contributed by atoms with Crippen LogP contribution in [-0.2, 0) is 10.2 Å². The lowest BCUT2D eigenvalue weighted by molar-refractivity contribution is -0.129. The van der Waals surface area contributed by atoms with Crippen LogP contribution in [0.25, 0.3) is 22.4 Å². The van der Waals surface area contributed by atoms with E-state index in [0.29, 0.717) is 35.0 Å². The van der Waals surface area contributed by atoms with E-state index in [1.807, 2.05) is 30.3 Å². The molecule has 0 saturated carbocycles. The first-order chi connectivity index (χ1) is 17.0. The molecule has 0 aliphatic carbocycles. The van der Waals surface area contributed by atoms with Gasteiger partial charge >= 0.3 is 0 Å². The van der Waals surface area contributed by atoms with Crippen molar-refractivity contribution in [3.05, 3.63) is 65.0 Å². The summed E-state index contributed by atoms with van der Waals surface area (Å²) in [6.07, 6.45) is 1.60. The fraction of sp³-hybridized carbons (Fsp3) is 0.333. The van der Waals surface area contributed by atoms with Crippen LogP contribution in [0.5, 0.6) is 0 Å². The van der Waals surface area contributed by atoms with Gasteiger partial charge in [-0.1, -0.05) is 44.5 Å². The van der Waals surface area contributed by atoms with Gasteiger partial charge in [0.2, 0.25) is 0 Å². The molecule has 9 heteroatoms. The Balaban J connectivity index is 1.53. The number of anilines is 1. The summed E-state index contributed by atoms with van der Waals surface area (Å²) in [6, 6.07) is 12.9. The molecule has 186 valence electrons. The number of hydrogen-bond acceptors (Lipinski definition) is 5. The largest absolute Gasteiger partial charge is 0.449 e. The maximum Gasteiger partial charge on any atom is 0.290 e. The minimum Gasteiger partial charge on any atom is -0.449 e. The number of nitrogens with one attached hydrogen (secondary N) is 1. The number of furan rings is 1. The third-order valence-corrected chi connectivity index (χ3v) is 6.90. The van der Waals surface area contributed by atoms with Gasteiger partial charge in [-0.3, -0.25) is 19.6 Å². The van der Waals surface area contributed by atoms with Crippen LogP contribution in [-0.4, -0.2) is 50.5 Å². The van der Waals surface area contributed by atoms with Crippen LogP contribution in [0, 0.1) is 0 Å². The maximum absolute atomic E-state index is 13.7. The number of hydrogen-bond donors (Lipinski definition) is 1. The summed E-state index contributed by atoms with van der Waals surface area (Å²) < 4.78 is 6.16. The molecule has 8 nitrogen and oxygen atoms in total. The first-order valence-electron chi connectivity index (χ1n) is 11.8. The normalized spacial score (nSPS) is 16.1. The molecule has 1 aliphatic heterocycles. The fourth-order valence-corrected chi connectivity index (χ4v) is 4.72. The highest BCUT2D eigenvalue weighted by Crippen LogP contribution is 2.36. The number of pyridine rings is 1. The SMILES string of the molecule is CC(C)(C)c1cc(-c2ccc(Cl)cc2)nc2cc(C(=O)N3CCN(c4ccn[nH]4)C(=O)C3(C)C)oc12. The lowest BCUT2D eigenvalue weighted by Crippen LogP contribution is -2.64. The van der Waals surface area contributed by atoms with E-state index < -0.39 is 5.54 Å². The molecule has 0 bridgehead atoms. The molecule has 36 heavy (non-hydrogen) atoms. The standard InChI is InChI=1S/C27H28ClN5O3/c1-26(2,3)18-14-19(16-6-8-17(28)9-7-16)30-20-15-21(36-23(18)20)24(34)33-13-12-32(22-10-11-29-31-22)25(35)27(33,4)5/h6-11,14-15H,12-13H2,1-5H3,(H,29,31). The molecular formula is C27H28ClN5O3. The summed E-state index contributed by atoms with van der Waals surface area (Å²) >= 11 is 6.07. The molecule has 0 spiro atoms. The second-order valence-corrected chi connectivity index (χ2v) is 11.0. The van der Waals surface area contributed by atoms with Gasteiger partial charge in [-0.15, -0.1) is 0 Å². The highest BCUT2D eigenvalue weighted by Gasteiger charge is 2.46. The van der Waals surface area contributed by atoms with E-state index in [1.54, 1.807) is 42.0 Å². The molecule has 4 heterocycles. The van der Waals surface area contributed by atoms with Crippen LogP contribution >= 0.6 is 11.6 Å². The molecule has 1 saturated heterocycles. The molecule has 5 rings (SSSR count). The fourth-order valence-electron chi connectivity index (χ4n) is 4.60. The average molecular weight is 506 g/mol. The van der Waals surface area contributed by atoms with Crippen LogP contribution in [0.4, 0.5) is 5.82 Å². The second kappa shape index (κ2) is 8.48. The highest BCUT2D eigenvalue weighted by molar-refractivity contribution is 6.30. The predicted octanol–water partition coefficient (Wildman–Crippen LogP) is 5.44. The van der Waals surface area contributed by atoms with Crippen molar-refractivity contribution in [2.75, 3.05) is 18.0 Å². The van der Waals surface area contributed by atoms with E-state index >= 15 is 0 Å². The summed E-state index contributed by atoms with van der Waals surface area (Å²) in [5.41, 5.74) is 2.46. The van der Waals surface area contributed by atoms with Crippen molar-refractivity contribution in [3.63, 3.8) is 0 Å². The third-order valence-electron chi connectivity index (χ3n) is 6.65. The molecule has 2 amide bonds. The predicted molar refractivity (Wildman–Crippen MR) is 139 cm³/mol. The second-order valence-electron chi connectivity index (χ2n) is 10.6. The molecule has 4 aromatic rings. The molecule has 1 aliphatic rings. The first kappa shape index (κ1) is 24.1. The average Bonchev–Trinajstić information content (AvgIpc) is 3.49. The lowest BCUT2D eigenvalue weighted by Gasteiger charge is -2.44. The number of carbonyl (C=O) groups is 2. The maximum atomic E-state index is 13.7. The van der Waals surface area contributed by atoms with E-state index in [1.165, 1.54) is 0 Å². The number of halogens is 1. The Morgan fingerprint density at radius 3 is 2.47 bits per heavy atom. The Kier molecular flexibility index (Phi) is 5.67. The van der Waals surface area contributed by atoms with Crippen molar-refractivity contribution >= 4 is 40.3 Å². The molecule has 1 N–H and O–H groups in total. The molecular weight excluding hydrogens is 478 g/mol. The minimum absolute atomic E-state index is 0.159. The number of H-pyrrole nitrogens is 1. The number of nitrogens with zero attached hydrogens (tertiary/aromatic N) is 4. The monoisotopic (exact) mass is 505 g/mol. The number of amides is 2. The topological polar surface area (TPSA) is 95.3 Å². The Hall–Kier alpha value is -3.65. The minimum atomic E-state index is -1.08. The van der Waals surface area contributed by atoms with Crippen LogP contribution in [0.2, 0.25) is 5.02 Å². The number of aromatic amines is 1. The van der Waals surface area contributed by atoms with Gasteiger partial charge in [0.15, 0.2) is 11.3 Å². The zero-order valence-corrected chi connectivity index (χ0v) is 21.7. The molecule has 1 aromatic carbocycles. The number of benzene rings is 1. The van der Waals surface area contributed by atoms with E-state index in [-0.39, 0.29) is 23.0 Å². The van der Waals surface area contributed by atoms with Crippen molar-refractivity contribution in [2.45, 2.75) is 45.6 Å². The summed E-state index contributed by atoms with van der Waals surface area (Å²) in [7, 11) is 0. The Morgan fingerprint density at radius 1 is 1.11 bits per heavy atom. The smallest absolute Gasteiger partial charge is 0.290 e. The van der Waals surface area contributed by atoms with Gasteiger partial charge in [-0.25, -0.2) is 4.98 Å². The Bertz CT molecular complexity index is 1450. The Labute approximate surface area is 214 Å². The van der Waals surface area contributed by atoms with Gasteiger partial charge in [0.1, 0.15) is 16.9 Å². The quantitative estimate of drug-likeness (QED) is 0.400. The van der Waals surface area contributed by atoms with Crippen molar-refractivity contribution < 1.29 is 14.0 Å². The van der Waals surface area contributed by atoms with Crippen LogP contribution in [0.15, 0.2) is 53.1 Å². The molecule has 1 fully saturated rings. The highest BCUT2D eigenvalue weighted by atomic mass is 35.5. The van der Waals surface area contributed by atoms with Crippen molar-refractivity contribution in [1.29, 1.82) is 0 Å². The number of carbonyl (C=O) groups excluding carboxylic acids is 2. The van der Waals surface area contributed by atoms with Gasteiger partial charge in [0.25, 0.3) is 11.8 Å². The van der Waals surface area contributed by atoms with Gasteiger partial charge in [-0.2, -0.15) is 5.10 Å². The zero-order chi connectivity index (χ0) is 25.8. The van der Waals surface area contributed by atoms with Gasteiger partial charge < -0.3 is 9.32 Å². The van der Waals surface area contributed by atoms with Crippen LogP contribution in [0.3, 0.4) is 0 Å².